The molecule has 1 fully saturated rings. The molecule has 0 radical (unpaired) electrons. The second kappa shape index (κ2) is 6.55. The van der Waals surface area contributed by atoms with E-state index in [1.165, 1.54) is 0 Å². The lowest BCUT2D eigenvalue weighted by Crippen LogP contribution is -2.45. The summed E-state index contributed by atoms with van der Waals surface area (Å²) in [6, 6.07) is 7.35. The van der Waals surface area contributed by atoms with Gasteiger partial charge in [-0.3, -0.25) is 0 Å². The van der Waals surface area contributed by atoms with Gasteiger partial charge < -0.3 is 14.1 Å². The van der Waals surface area contributed by atoms with Crippen molar-refractivity contribution in [1.82, 2.24) is 9.88 Å². The number of likely N-dealkylation sites (tertiary alicyclic amines) is 1. The smallest absolute Gasteiger partial charge is 0.410 e. The Morgan fingerprint density at radius 1 is 1.38 bits per heavy atom. The Bertz CT molecular complexity index is 732. The van der Waals surface area contributed by atoms with Crippen LogP contribution >= 0.6 is 0 Å². The van der Waals surface area contributed by atoms with E-state index in [4.69, 9.17) is 9.15 Å². The van der Waals surface area contributed by atoms with E-state index >= 15 is 0 Å². The highest BCUT2D eigenvalue weighted by Crippen LogP contribution is 2.24. The molecule has 1 aromatic carbocycles. The van der Waals surface area contributed by atoms with Gasteiger partial charge in [0.05, 0.1) is 5.25 Å². The van der Waals surface area contributed by atoms with Crippen LogP contribution in [0.2, 0.25) is 0 Å². The van der Waals surface area contributed by atoms with Gasteiger partial charge in [-0.05, 0) is 45.7 Å². The van der Waals surface area contributed by atoms with E-state index in [9.17, 15) is 9.00 Å². The SMILES string of the molecule is CC(C)(C)OC(=O)N1CCC[C@@H]([S@](=O)c2nc3ccccc3o2)C1. The Labute approximate surface area is 143 Å². The quantitative estimate of drug-likeness (QED) is 0.830. The minimum atomic E-state index is -1.39. The van der Waals surface area contributed by atoms with Crippen LogP contribution in [0.4, 0.5) is 4.79 Å². The Balaban J connectivity index is 1.72. The molecule has 6 nitrogen and oxygen atoms in total. The first-order valence-electron chi connectivity index (χ1n) is 8.07. The van der Waals surface area contributed by atoms with E-state index in [1.54, 1.807) is 11.0 Å². The summed E-state index contributed by atoms with van der Waals surface area (Å²) in [6.07, 6.45) is 1.20. The van der Waals surface area contributed by atoms with Crippen LogP contribution < -0.4 is 0 Å². The molecular formula is C17H22N2O4S. The highest BCUT2D eigenvalue weighted by molar-refractivity contribution is 7.85. The second-order valence-electron chi connectivity index (χ2n) is 6.94. The predicted molar refractivity (Wildman–Crippen MR) is 91.2 cm³/mol. The zero-order valence-corrected chi connectivity index (χ0v) is 15.0. The maximum atomic E-state index is 12.8. The third-order valence-corrected chi connectivity index (χ3v) is 5.29. The first-order valence-corrected chi connectivity index (χ1v) is 9.29. The number of para-hydroxylation sites is 2. The Morgan fingerprint density at radius 3 is 2.83 bits per heavy atom. The Hall–Kier alpha value is -1.89. The summed E-state index contributed by atoms with van der Waals surface area (Å²) in [5.41, 5.74) is 0.782. The van der Waals surface area contributed by atoms with Gasteiger partial charge in [0.1, 0.15) is 21.9 Å². The average Bonchev–Trinajstić information content (AvgIpc) is 2.96. The fourth-order valence-electron chi connectivity index (χ4n) is 2.68. The lowest BCUT2D eigenvalue weighted by atomic mass is 10.1. The van der Waals surface area contributed by atoms with Crippen LogP contribution in [0.25, 0.3) is 11.1 Å². The zero-order valence-electron chi connectivity index (χ0n) is 14.2. The van der Waals surface area contributed by atoms with Gasteiger partial charge in [-0.15, -0.1) is 0 Å². The average molecular weight is 350 g/mol. The maximum absolute atomic E-state index is 12.8. The Morgan fingerprint density at radius 2 is 2.12 bits per heavy atom. The number of rotatable bonds is 2. The number of hydrogen-bond donors (Lipinski definition) is 0. The summed E-state index contributed by atoms with van der Waals surface area (Å²) < 4.78 is 23.8. The molecule has 1 aliphatic rings. The fourth-order valence-corrected chi connectivity index (χ4v) is 4.03. The molecule has 130 valence electrons. The first-order chi connectivity index (χ1) is 11.3. The van der Waals surface area contributed by atoms with Crippen LogP contribution in [0, 0.1) is 0 Å². The predicted octanol–water partition coefficient (Wildman–Crippen LogP) is 3.33. The van der Waals surface area contributed by atoms with E-state index in [0.717, 1.165) is 12.8 Å². The fraction of sp³-hybridized carbons (Fsp3) is 0.529. The summed E-state index contributed by atoms with van der Waals surface area (Å²) in [4.78, 5) is 18.2. The van der Waals surface area contributed by atoms with E-state index in [2.05, 4.69) is 4.98 Å². The maximum Gasteiger partial charge on any atom is 0.410 e. The molecule has 0 bridgehead atoms. The molecule has 0 saturated carbocycles. The van der Waals surface area contributed by atoms with Crippen LogP contribution in [0.5, 0.6) is 0 Å². The van der Waals surface area contributed by atoms with E-state index in [-0.39, 0.29) is 16.6 Å². The molecule has 0 unspecified atom stereocenters. The molecule has 7 heteroatoms. The van der Waals surface area contributed by atoms with Crippen LogP contribution in [-0.2, 0) is 15.5 Å². The molecular weight excluding hydrogens is 328 g/mol. The van der Waals surface area contributed by atoms with Gasteiger partial charge >= 0.3 is 6.09 Å². The number of oxazole rings is 1. The van der Waals surface area contributed by atoms with Gasteiger partial charge in [0.15, 0.2) is 5.58 Å². The number of amides is 1. The number of nitrogens with zero attached hydrogens (tertiary/aromatic N) is 2. The van der Waals surface area contributed by atoms with Crippen molar-refractivity contribution in [3.63, 3.8) is 0 Å². The van der Waals surface area contributed by atoms with Crippen molar-refractivity contribution in [1.29, 1.82) is 0 Å². The van der Waals surface area contributed by atoms with Gasteiger partial charge in [-0.1, -0.05) is 12.1 Å². The number of carbonyl (C=O) groups is 1. The minimum Gasteiger partial charge on any atom is -0.444 e. The number of ether oxygens (including phenoxy) is 1. The lowest BCUT2D eigenvalue weighted by Gasteiger charge is -2.33. The van der Waals surface area contributed by atoms with Gasteiger partial charge in [-0.25, -0.2) is 14.0 Å². The molecule has 3 rings (SSSR count). The number of benzene rings is 1. The molecule has 24 heavy (non-hydrogen) atoms. The Kier molecular flexibility index (Phi) is 4.62. The van der Waals surface area contributed by atoms with Crippen LogP contribution in [0.15, 0.2) is 33.9 Å². The van der Waals surface area contributed by atoms with Crippen molar-refractivity contribution in [3.8, 4) is 0 Å². The van der Waals surface area contributed by atoms with Gasteiger partial charge in [0.25, 0.3) is 5.22 Å². The van der Waals surface area contributed by atoms with Crippen molar-refractivity contribution < 1.29 is 18.2 Å². The molecule has 1 saturated heterocycles. The number of carbonyl (C=O) groups excluding carboxylic acids is 1. The van der Waals surface area contributed by atoms with Crippen LogP contribution in [0.1, 0.15) is 33.6 Å². The molecule has 2 heterocycles. The second-order valence-corrected chi connectivity index (χ2v) is 8.55. The number of fused-ring (bicyclic) bond motifs is 1. The third-order valence-electron chi connectivity index (χ3n) is 3.78. The van der Waals surface area contributed by atoms with Crippen molar-refractivity contribution >= 4 is 28.0 Å². The zero-order chi connectivity index (χ0) is 17.3. The number of piperidine rings is 1. The molecule has 0 N–H and O–H groups in total. The highest BCUT2D eigenvalue weighted by Gasteiger charge is 2.32. The number of aromatic nitrogens is 1. The monoisotopic (exact) mass is 350 g/mol. The van der Waals surface area contributed by atoms with Crippen molar-refractivity contribution in [2.75, 3.05) is 13.1 Å². The molecule has 1 aliphatic heterocycles. The lowest BCUT2D eigenvalue weighted by molar-refractivity contribution is 0.0219. The summed E-state index contributed by atoms with van der Waals surface area (Å²) in [5.74, 6) is 0. The van der Waals surface area contributed by atoms with E-state index < -0.39 is 16.4 Å². The topological polar surface area (TPSA) is 72.6 Å². The van der Waals surface area contributed by atoms with Crippen molar-refractivity contribution in [3.05, 3.63) is 24.3 Å². The summed E-state index contributed by atoms with van der Waals surface area (Å²) >= 11 is 0. The van der Waals surface area contributed by atoms with Gasteiger partial charge in [-0.2, -0.15) is 0 Å². The molecule has 1 amide bonds. The van der Waals surface area contributed by atoms with Crippen molar-refractivity contribution in [2.24, 2.45) is 0 Å². The van der Waals surface area contributed by atoms with Gasteiger partial charge in [0.2, 0.25) is 0 Å². The van der Waals surface area contributed by atoms with E-state index in [1.807, 2.05) is 39.0 Å². The molecule has 0 spiro atoms. The molecule has 1 aromatic heterocycles. The molecule has 2 atom stereocenters. The number of hydrogen-bond acceptors (Lipinski definition) is 5. The summed E-state index contributed by atoms with van der Waals surface area (Å²) in [6.45, 7) is 6.52. The standard InChI is InChI=1S/C17H22N2O4S/c1-17(2,3)23-16(20)19-10-6-7-12(11-19)24(21)15-18-13-8-4-5-9-14(13)22-15/h4-5,8-9,12H,6-7,10-11H2,1-3H3/t12-,24+/m1/s1. The van der Waals surface area contributed by atoms with Crippen molar-refractivity contribution in [2.45, 2.75) is 49.7 Å². The van der Waals surface area contributed by atoms with E-state index in [0.29, 0.717) is 24.2 Å². The summed E-state index contributed by atoms with van der Waals surface area (Å²) in [5, 5.41) is 0.0339. The molecule has 2 aromatic rings. The van der Waals surface area contributed by atoms with Crippen LogP contribution in [0.3, 0.4) is 0 Å². The summed E-state index contributed by atoms with van der Waals surface area (Å²) in [7, 11) is -1.39. The highest BCUT2D eigenvalue weighted by atomic mass is 32.2. The normalized spacial score (nSPS) is 20.1. The van der Waals surface area contributed by atoms with Gasteiger partial charge in [0, 0.05) is 13.1 Å². The van der Waals surface area contributed by atoms with Crippen LogP contribution in [-0.4, -0.2) is 44.1 Å². The first kappa shape index (κ1) is 17.0. The third kappa shape index (κ3) is 3.77. The minimum absolute atomic E-state index is 0.195. The largest absolute Gasteiger partial charge is 0.444 e. The molecule has 0 aliphatic carbocycles.